The number of aliphatic hydroxyl groups excluding tert-OH is 1. The van der Waals surface area contributed by atoms with Crippen molar-refractivity contribution in [2.45, 2.75) is 12.8 Å². The molecular weight excluding hydrogens is 187 g/mol. The molecule has 0 aromatic heterocycles. The monoisotopic (exact) mass is 200 g/mol. The van der Waals surface area contributed by atoms with E-state index in [-0.39, 0.29) is 18.1 Å². The minimum Gasteiger partial charge on any atom is -0.508 e. The summed E-state index contributed by atoms with van der Waals surface area (Å²) in [6.07, 6.45) is 1.03. The molecular formula is C10H13FO3. The van der Waals surface area contributed by atoms with E-state index in [9.17, 15) is 9.50 Å². The number of aryl methyl sites for hydroxylation is 1. The van der Waals surface area contributed by atoms with Gasteiger partial charge in [0.2, 0.25) is 0 Å². The molecule has 3 nitrogen and oxygen atoms in total. The van der Waals surface area contributed by atoms with Crippen LogP contribution >= 0.6 is 0 Å². The van der Waals surface area contributed by atoms with Crippen LogP contribution in [0.1, 0.15) is 12.0 Å². The van der Waals surface area contributed by atoms with Gasteiger partial charge in [0, 0.05) is 12.7 Å². The van der Waals surface area contributed by atoms with Crippen molar-refractivity contribution >= 4 is 0 Å². The van der Waals surface area contributed by atoms with E-state index in [0.29, 0.717) is 18.4 Å². The van der Waals surface area contributed by atoms with E-state index in [1.807, 2.05) is 0 Å². The molecule has 1 aromatic carbocycles. The number of ether oxygens (including phenoxy) is 1. The van der Waals surface area contributed by atoms with E-state index in [2.05, 4.69) is 0 Å². The van der Waals surface area contributed by atoms with Gasteiger partial charge in [-0.3, -0.25) is 0 Å². The van der Waals surface area contributed by atoms with Gasteiger partial charge in [-0.05, 0) is 24.5 Å². The van der Waals surface area contributed by atoms with Crippen molar-refractivity contribution in [3.63, 3.8) is 0 Å². The fraction of sp³-hybridized carbons (Fsp3) is 0.400. The first-order valence-corrected chi connectivity index (χ1v) is 4.35. The minimum atomic E-state index is -0.585. The van der Waals surface area contributed by atoms with Gasteiger partial charge in [0.1, 0.15) is 5.75 Å². The number of benzene rings is 1. The molecule has 0 fully saturated rings. The molecule has 0 amide bonds. The Balaban J connectivity index is 2.92. The van der Waals surface area contributed by atoms with Gasteiger partial charge in [-0.2, -0.15) is 0 Å². The summed E-state index contributed by atoms with van der Waals surface area (Å²) in [6.45, 7) is 0.0408. The highest BCUT2D eigenvalue weighted by Gasteiger charge is 2.08. The number of hydrogen-bond donors (Lipinski definition) is 2. The van der Waals surface area contributed by atoms with Crippen LogP contribution < -0.4 is 4.74 Å². The number of halogens is 1. The van der Waals surface area contributed by atoms with E-state index >= 15 is 0 Å². The molecule has 0 heterocycles. The molecule has 0 aliphatic heterocycles. The highest BCUT2D eigenvalue weighted by Crippen LogP contribution is 2.27. The van der Waals surface area contributed by atoms with Gasteiger partial charge in [0.05, 0.1) is 7.11 Å². The fourth-order valence-corrected chi connectivity index (χ4v) is 1.21. The maximum Gasteiger partial charge on any atom is 0.168 e. The van der Waals surface area contributed by atoms with Gasteiger partial charge >= 0.3 is 0 Å². The van der Waals surface area contributed by atoms with Crippen LogP contribution in [-0.4, -0.2) is 23.9 Å². The van der Waals surface area contributed by atoms with Crippen molar-refractivity contribution < 1.29 is 19.3 Å². The van der Waals surface area contributed by atoms with Crippen LogP contribution in [0.5, 0.6) is 11.5 Å². The predicted octanol–water partition coefficient (Wildman–Crippen LogP) is 1.46. The van der Waals surface area contributed by atoms with E-state index < -0.39 is 5.82 Å². The smallest absolute Gasteiger partial charge is 0.168 e. The summed E-state index contributed by atoms with van der Waals surface area (Å²) >= 11 is 0. The number of aliphatic hydroxyl groups is 1. The maximum absolute atomic E-state index is 13.0. The Morgan fingerprint density at radius 3 is 2.71 bits per heavy atom. The lowest BCUT2D eigenvalue weighted by atomic mass is 10.1. The van der Waals surface area contributed by atoms with Gasteiger partial charge < -0.3 is 14.9 Å². The zero-order chi connectivity index (χ0) is 10.6. The van der Waals surface area contributed by atoms with Gasteiger partial charge in [-0.15, -0.1) is 0 Å². The Kier molecular flexibility index (Phi) is 3.71. The highest BCUT2D eigenvalue weighted by atomic mass is 19.1. The summed E-state index contributed by atoms with van der Waals surface area (Å²) in [5, 5.41) is 18.0. The first kappa shape index (κ1) is 10.8. The zero-order valence-electron chi connectivity index (χ0n) is 7.96. The number of phenolic OH excluding ortho intramolecular Hbond substituents is 1. The van der Waals surface area contributed by atoms with Crippen LogP contribution in [0, 0.1) is 5.82 Å². The number of hydrogen-bond acceptors (Lipinski definition) is 3. The average molecular weight is 200 g/mol. The first-order valence-electron chi connectivity index (χ1n) is 4.35. The molecule has 1 aromatic rings. The molecule has 0 atom stereocenters. The molecule has 1 rings (SSSR count). The molecule has 0 saturated carbocycles. The Bertz CT molecular complexity index is 312. The topological polar surface area (TPSA) is 49.7 Å². The van der Waals surface area contributed by atoms with E-state index in [1.165, 1.54) is 13.2 Å². The molecule has 0 aliphatic carbocycles. The van der Waals surface area contributed by atoms with Crippen molar-refractivity contribution in [2.24, 2.45) is 0 Å². The highest BCUT2D eigenvalue weighted by molar-refractivity contribution is 5.40. The second-order valence-corrected chi connectivity index (χ2v) is 2.94. The van der Waals surface area contributed by atoms with Crippen LogP contribution in [0.2, 0.25) is 0 Å². The summed E-state index contributed by atoms with van der Waals surface area (Å²) in [5.74, 6) is -0.578. The van der Waals surface area contributed by atoms with Crippen LogP contribution in [0.15, 0.2) is 12.1 Å². The van der Waals surface area contributed by atoms with E-state index in [4.69, 9.17) is 9.84 Å². The summed E-state index contributed by atoms with van der Waals surface area (Å²) < 4.78 is 17.8. The van der Waals surface area contributed by atoms with Crippen molar-refractivity contribution in [3.8, 4) is 11.5 Å². The number of rotatable bonds is 4. The Morgan fingerprint density at radius 2 is 2.14 bits per heavy atom. The molecule has 0 aliphatic rings. The predicted molar refractivity (Wildman–Crippen MR) is 50.0 cm³/mol. The molecule has 0 spiro atoms. The van der Waals surface area contributed by atoms with Gasteiger partial charge in [-0.25, -0.2) is 4.39 Å². The molecule has 0 radical (unpaired) electrons. The second-order valence-electron chi connectivity index (χ2n) is 2.94. The molecule has 14 heavy (non-hydrogen) atoms. The van der Waals surface area contributed by atoms with Crippen molar-refractivity contribution in [1.82, 2.24) is 0 Å². The SMILES string of the molecule is COc1cc(CCCO)c(O)cc1F. The van der Waals surface area contributed by atoms with Crippen LogP contribution in [0.3, 0.4) is 0 Å². The lowest BCUT2D eigenvalue weighted by molar-refractivity contribution is 0.287. The third-order valence-electron chi connectivity index (χ3n) is 1.96. The number of methoxy groups -OCH3 is 1. The zero-order valence-corrected chi connectivity index (χ0v) is 7.96. The third kappa shape index (κ3) is 2.35. The molecule has 0 unspecified atom stereocenters. The summed E-state index contributed by atoms with van der Waals surface area (Å²) in [4.78, 5) is 0. The fourth-order valence-electron chi connectivity index (χ4n) is 1.21. The Hall–Kier alpha value is -1.29. The van der Waals surface area contributed by atoms with E-state index in [1.54, 1.807) is 0 Å². The number of aromatic hydroxyl groups is 1. The number of phenols is 1. The molecule has 2 N–H and O–H groups in total. The lowest BCUT2D eigenvalue weighted by Crippen LogP contribution is -1.94. The third-order valence-corrected chi connectivity index (χ3v) is 1.96. The van der Waals surface area contributed by atoms with Crippen LogP contribution in [-0.2, 0) is 6.42 Å². The maximum atomic E-state index is 13.0. The standard InChI is InChI=1S/C10H13FO3/c1-14-10-5-7(3-2-4-12)9(13)6-8(10)11/h5-6,12-13H,2-4H2,1H3. The van der Waals surface area contributed by atoms with Crippen molar-refractivity contribution in [1.29, 1.82) is 0 Å². The first-order chi connectivity index (χ1) is 6.69. The molecule has 0 saturated heterocycles. The molecule has 4 heteroatoms. The summed E-state index contributed by atoms with van der Waals surface area (Å²) in [6, 6.07) is 2.46. The average Bonchev–Trinajstić information content (AvgIpc) is 2.17. The van der Waals surface area contributed by atoms with Crippen molar-refractivity contribution in [3.05, 3.63) is 23.5 Å². The summed E-state index contributed by atoms with van der Waals surface area (Å²) in [7, 11) is 1.37. The Morgan fingerprint density at radius 1 is 1.43 bits per heavy atom. The largest absolute Gasteiger partial charge is 0.508 e. The summed E-state index contributed by atoms with van der Waals surface area (Å²) in [5.41, 5.74) is 0.581. The second kappa shape index (κ2) is 4.81. The van der Waals surface area contributed by atoms with Crippen molar-refractivity contribution in [2.75, 3.05) is 13.7 Å². The normalized spacial score (nSPS) is 10.2. The minimum absolute atomic E-state index is 0.0408. The van der Waals surface area contributed by atoms with Gasteiger partial charge in [0.15, 0.2) is 11.6 Å². The lowest BCUT2D eigenvalue weighted by Gasteiger charge is -2.07. The van der Waals surface area contributed by atoms with Gasteiger partial charge in [0.25, 0.3) is 0 Å². The Labute approximate surface area is 81.8 Å². The van der Waals surface area contributed by atoms with E-state index in [0.717, 1.165) is 6.07 Å². The molecule has 0 bridgehead atoms. The van der Waals surface area contributed by atoms with Crippen LogP contribution in [0.25, 0.3) is 0 Å². The van der Waals surface area contributed by atoms with Crippen LogP contribution in [0.4, 0.5) is 4.39 Å². The molecule has 78 valence electrons. The van der Waals surface area contributed by atoms with Gasteiger partial charge in [-0.1, -0.05) is 0 Å². The quantitative estimate of drug-likeness (QED) is 0.773.